The Kier molecular flexibility index (Phi) is 8.58. The fourth-order valence-corrected chi connectivity index (χ4v) is 12.8. The van der Waals surface area contributed by atoms with Crippen LogP contribution in [0.25, 0.3) is 75.2 Å². The lowest BCUT2D eigenvalue weighted by atomic mass is 9.34. The molecule has 0 spiro atoms. The summed E-state index contributed by atoms with van der Waals surface area (Å²) in [6.07, 6.45) is 3.21. The number of ether oxygens (including phenoxy) is 1. The van der Waals surface area contributed by atoms with Crippen molar-refractivity contribution >= 4 is 115 Å². The molecule has 4 nitrogen and oxygen atoms in total. The van der Waals surface area contributed by atoms with Crippen LogP contribution in [0.1, 0.15) is 51.7 Å². The maximum atomic E-state index is 7.36. The van der Waals surface area contributed by atoms with E-state index in [2.05, 4.69) is 224 Å². The van der Waals surface area contributed by atoms with Gasteiger partial charge < -0.3 is 18.8 Å². The predicted molar refractivity (Wildman–Crippen MR) is 291 cm³/mol. The summed E-state index contributed by atoms with van der Waals surface area (Å²) in [4.78, 5) is 2.63. The van der Waals surface area contributed by atoms with Crippen molar-refractivity contribution in [2.45, 2.75) is 52.4 Å². The maximum absolute atomic E-state index is 7.36. The molecular weight excluding hydrogens is 846 g/mol. The molecule has 326 valence electrons. The van der Waals surface area contributed by atoms with Crippen LogP contribution in [-0.2, 0) is 11.8 Å². The molecule has 0 radical (unpaired) electrons. The van der Waals surface area contributed by atoms with E-state index in [9.17, 15) is 0 Å². The second-order valence-corrected chi connectivity index (χ2v) is 21.0. The van der Waals surface area contributed by atoms with Crippen LogP contribution in [0.2, 0.25) is 0 Å². The fourth-order valence-electron chi connectivity index (χ4n) is 11.7. The minimum atomic E-state index is -0.146. The van der Waals surface area contributed by atoms with Crippen molar-refractivity contribution in [2.75, 3.05) is 4.90 Å². The molecular formula is C62H48BN3OS. The summed E-state index contributed by atoms with van der Waals surface area (Å²) in [6.45, 7) is 9.23. The number of unbranched alkanes of at least 4 members (excludes halogenated alkanes) is 1. The van der Waals surface area contributed by atoms with Gasteiger partial charge in [0.05, 0.1) is 27.8 Å². The zero-order valence-electron chi connectivity index (χ0n) is 38.7. The van der Waals surface area contributed by atoms with Crippen LogP contribution in [0, 0.1) is 0 Å². The summed E-state index contributed by atoms with van der Waals surface area (Å²) in [7, 11) is 0. The monoisotopic (exact) mass is 893 g/mol. The topological polar surface area (TPSA) is 22.3 Å². The average Bonchev–Trinajstić information content (AvgIpc) is 4.02. The van der Waals surface area contributed by atoms with Crippen molar-refractivity contribution in [1.82, 2.24) is 9.13 Å². The number of para-hydroxylation sites is 4. The standard InChI is InChI=1S/C62H48BN3OS/c1-5-6-17-38-32-47-46-22-11-16-27-59(46)68-60(47)37-54(38)66-55-35-40(64-50-23-12-7-18-42(50)43-19-8-13-24-51(43)64)28-30-48(55)63-49-31-29-41(65-52-25-14-9-20-44(52)45-21-10-15-26-53(45)65)36-57(49)67-58-34-39(62(2,3)4)33-56(66)61(58)63/h7-16,18-37H,5-6,17H2,1-4H3. The zero-order valence-corrected chi connectivity index (χ0v) is 39.5. The molecule has 2 aliphatic heterocycles. The maximum Gasteiger partial charge on any atom is 0.256 e. The van der Waals surface area contributed by atoms with Gasteiger partial charge in [-0.15, -0.1) is 11.3 Å². The highest BCUT2D eigenvalue weighted by atomic mass is 32.1. The van der Waals surface area contributed by atoms with Crippen LogP contribution in [0.3, 0.4) is 0 Å². The highest BCUT2D eigenvalue weighted by molar-refractivity contribution is 7.25. The third-order valence-electron chi connectivity index (χ3n) is 14.9. The lowest BCUT2D eigenvalue weighted by Crippen LogP contribution is -2.59. The highest BCUT2D eigenvalue weighted by Crippen LogP contribution is 2.48. The van der Waals surface area contributed by atoms with E-state index in [-0.39, 0.29) is 12.1 Å². The Labute approximate surface area is 400 Å². The molecule has 0 saturated heterocycles. The summed E-state index contributed by atoms with van der Waals surface area (Å²) in [6, 6.07) is 68.2. The number of benzene rings is 9. The fraction of sp³-hybridized carbons (Fsp3) is 0.129. The first-order valence-corrected chi connectivity index (χ1v) is 25.0. The SMILES string of the molecule is CCCCc1cc2c(cc1N1c3cc(-n4c5ccccc5c5ccccc54)ccc3B3c4ccc(-n5c6ccccc6c6ccccc65)cc4Oc4cc(C(C)(C)C)cc1c43)sc1ccccc12. The Bertz CT molecular complexity index is 3960. The molecule has 9 aromatic carbocycles. The Hall–Kier alpha value is -7.54. The van der Waals surface area contributed by atoms with Gasteiger partial charge in [-0.2, -0.15) is 0 Å². The van der Waals surface area contributed by atoms with Crippen LogP contribution in [0.5, 0.6) is 11.5 Å². The second kappa shape index (κ2) is 14.7. The van der Waals surface area contributed by atoms with Gasteiger partial charge in [-0.25, -0.2) is 0 Å². The minimum absolute atomic E-state index is 0.0597. The van der Waals surface area contributed by atoms with Gasteiger partial charge in [0.25, 0.3) is 6.71 Å². The molecule has 14 rings (SSSR count). The molecule has 3 aromatic heterocycles. The number of rotatable bonds is 6. The molecule has 0 saturated carbocycles. The third-order valence-corrected chi connectivity index (χ3v) is 16.0. The van der Waals surface area contributed by atoms with Crippen LogP contribution in [0.15, 0.2) is 182 Å². The molecule has 5 heterocycles. The number of aryl methyl sites for hydroxylation is 1. The van der Waals surface area contributed by atoms with Gasteiger partial charge in [-0.3, -0.25) is 0 Å². The number of nitrogens with zero attached hydrogens (tertiary/aromatic N) is 3. The van der Waals surface area contributed by atoms with Crippen molar-refractivity contribution < 1.29 is 4.74 Å². The molecule has 12 aromatic rings. The van der Waals surface area contributed by atoms with Crippen LogP contribution in [-0.4, -0.2) is 15.8 Å². The third kappa shape index (κ3) is 5.74. The molecule has 0 fully saturated rings. The number of fused-ring (bicyclic) bond motifs is 13. The van der Waals surface area contributed by atoms with Crippen molar-refractivity contribution in [3.05, 3.63) is 193 Å². The summed E-state index contributed by atoms with van der Waals surface area (Å²) < 4.78 is 14.9. The summed E-state index contributed by atoms with van der Waals surface area (Å²) in [5, 5.41) is 7.70. The Morgan fingerprint density at radius 3 is 1.65 bits per heavy atom. The molecule has 0 atom stereocenters. The van der Waals surface area contributed by atoms with Crippen molar-refractivity contribution in [2.24, 2.45) is 0 Å². The normalized spacial score (nSPS) is 13.2. The van der Waals surface area contributed by atoms with Crippen LogP contribution in [0.4, 0.5) is 17.1 Å². The van der Waals surface area contributed by atoms with E-state index in [0.717, 1.165) is 42.1 Å². The summed E-state index contributed by atoms with van der Waals surface area (Å²) in [5.74, 6) is 1.84. The smallest absolute Gasteiger partial charge is 0.256 e. The van der Waals surface area contributed by atoms with Gasteiger partial charge in [0.1, 0.15) is 11.5 Å². The number of hydrogen-bond acceptors (Lipinski definition) is 3. The molecule has 0 amide bonds. The highest BCUT2D eigenvalue weighted by Gasteiger charge is 2.43. The molecule has 0 aliphatic carbocycles. The first kappa shape index (κ1) is 39.6. The van der Waals surface area contributed by atoms with Crippen molar-refractivity contribution in [3.63, 3.8) is 0 Å². The zero-order chi connectivity index (χ0) is 45.4. The van der Waals surface area contributed by atoms with Crippen LogP contribution >= 0.6 is 11.3 Å². The number of hydrogen-bond donors (Lipinski definition) is 0. The largest absolute Gasteiger partial charge is 0.458 e. The van der Waals surface area contributed by atoms with Crippen molar-refractivity contribution in [1.29, 1.82) is 0 Å². The molecule has 0 N–H and O–H groups in total. The quantitative estimate of drug-likeness (QED) is 0.155. The number of aromatic nitrogens is 2. The number of thiophene rings is 1. The van der Waals surface area contributed by atoms with E-state index in [1.165, 1.54) is 108 Å². The van der Waals surface area contributed by atoms with E-state index >= 15 is 0 Å². The van der Waals surface area contributed by atoms with Crippen molar-refractivity contribution in [3.8, 4) is 22.9 Å². The lowest BCUT2D eigenvalue weighted by molar-refractivity contribution is 0.483. The Balaban J connectivity index is 1.06. The molecule has 2 aliphatic rings. The first-order valence-electron chi connectivity index (χ1n) is 24.2. The molecule has 68 heavy (non-hydrogen) atoms. The molecule has 6 heteroatoms. The predicted octanol–water partition coefficient (Wildman–Crippen LogP) is 15.3. The van der Waals surface area contributed by atoms with Gasteiger partial charge in [0, 0.05) is 70.5 Å². The van der Waals surface area contributed by atoms with E-state index in [4.69, 9.17) is 4.74 Å². The van der Waals surface area contributed by atoms with Gasteiger partial charge in [-0.1, -0.05) is 137 Å². The summed E-state index contributed by atoms with van der Waals surface area (Å²) in [5.41, 5.74) is 16.8. The van der Waals surface area contributed by atoms with Crippen LogP contribution < -0.4 is 26.0 Å². The van der Waals surface area contributed by atoms with Gasteiger partial charge in [-0.05, 0) is 119 Å². The van der Waals surface area contributed by atoms with Gasteiger partial charge in [0.2, 0.25) is 0 Å². The van der Waals surface area contributed by atoms with E-state index < -0.39 is 0 Å². The van der Waals surface area contributed by atoms with Gasteiger partial charge >= 0.3 is 0 Å². The minimum Gasteiger partial charge on any atom is -0.458 e. The Morgan fingerprint density at radius 1 is 0.485 bits per heavy atom. The lowest BCUT2D eigenvalue weighted by Gasteiger charge is -2.42. The second-order valence-electron chi connectivity index (χ2n) is 19.9. The van der Waals surface area contributed by atoms with E-state index in [1.807, 2.05) is 11.3 Å². The van der Waals surface area contributed by atoms with Gasteiger partial charge in [0.15, 0.2) is 0 Å². The molecule has 0 bridgehead atoms. The van der Waals surface area contributed by atoms with E-state index in [0.29, 0.717) is 0 Å². The molecule has 0 unspecified atom stereocenters. The number of anilines is 3. The Morgan fingerprint density at radius 2 is 1.04 bits per heavy atom. The summed E-state index contributed by atoms with van der Waals surface area (Å²) >= 11 is 1.90. The first-order chi connectivity index (χ1) is 33.3. The van der Waals surface area contributed by atoms with E-state index in [1.54, 1.807) is 0 Å². The average molecular weight is 894 g/mol.